The molecule has 3 aromatic rings. The monoisotopic (exact) mass is 642 g/mol. The van der Waals surface area contributed by atoms with Crippen molar-refractivity contribution in [3.63, 3.8) is 0 Å². The fourth-order valence-electron chi connectivity index (χ4n) is 5.54. The smallest absolute Gasteiger partial charge is 0.328 e. The number of nitrogens with zero attached hydrogens (tertiary/aromatic N) is 1. The summed E-state index contributed by atoms with van der Waals surface area (Å²) in [6.07, 6.45) is 2.46. The number of carbonyl (C=O) groups excluding carboxylic acids is 4. The number of piperidine rings is 1. The van der Waals surface area contributed by atoms with Gasteiger partial charge in [0.2, 0.25) is 11.8 Å². The summed E-state index contributed by atoms with van der Waals surface area (Å²) < 4.78 is 16.2. The number of benzene rings is 3. The molecule has 9 nitrogen and oxygen atoms in total. The molecule has 9 heteroatoms. The van der Waals surface area contributed by atoms with Crippen LogP contribution >= 0.6 is 0 Å². The second-order valence-electron chi connectivity index (χ2n) is 13.1. The normalized spacial score (nSPS) is 14.2. The molecule has 0 saturated carbocycles. The van der Waals surface area contributed by atoms with Crippen molar-refractivity contribution >= 4 is 23.8 Å². The molecule has 1 saturated heterocycles. The van der Waals surface area contributed by atoms with Gasteiger partial charge in [0.05, 0.1) is 20.0 Å². The maximum Gasteiger partial charge on any atom is 0.328 e. The lowest BCUT2D eigenvalue weighted by molar-refractivity contribution is -0.154. The van der Waals surface area contributed by atoms with E-state index in [0.717, 1.165) is 22.3 Å². The molecule has 2 amide bonds. The van der Waals surface area contributed by atoms with E-state index >= 15 is 0 Å². The van der Waals surface area contributed by atoms with Gasteiger partial charge < -0.3 is 24.4 Å². The summed E-state index contributed by atoms with van der Waals surface area (Å²) >= 11 is 0. The molecule has 1 N–H and O–H groups in total. The van der Waals surface area contributed by atoms with Crippen molar-refractivity contribution in [1.29, 1.82) is 0 Å². The van der Waals surface area contributed by atoms with Crippen LogP contribution in [0.15, 0.2) is 78.9 Å². The highest BCUT2D eigenvalue weighted by molar-refractivity contribution is 5.85. The first-order chi connectivity index (χ1) is 22.5. The Labute approximate surface area is 277 Å². The summed E-state index contributed by atoms with van der Waals surface area (Å²) in [7, 11) is 1.31. The van der Waals surface area contributed by atoms with Crippen LogP contribution in [0.5, 0.6) is 5.75 Å². The molecule has 0 aromatic heterocycles. The molecule has 0 unspecified atom stereocenters. The third kappa shape index (κ3) is 11.9. The predicted molar refractivity (Wildman–Crippen MR) is 178 cm³/mol. The Morgan fingerprint density at radius 1 is 0.809 bits per heavy atom. The van der Waals surface area contributed by atoms with Gasteiger partial charge in [-0.3, -0.25) is 14.4 Å². The highest BCUT2D eigenvalue weighted by Crippen LogP contribution is 2.22. The minimum Gasteiger partial charge on any atom is -0.489 e. The van der Waals surface area contributed by atoms with Crippen LogP contribution in [0.2, 0.25) is 0 Å². The topological polar surface area (TPSA) is 111 Å². The van der Waals surface area contributed by atoms with E-state index in [2.05, 4.69) is 5.32 Å². The van der Waals surface area contributed by atoms with E-state index in [1.54, 1.807) is 0 Å². The van der Waals surface area contributed by atoms with Crippen molar-refractivity contribution in [2.45, 2.75) is 77.5 Å². The molecule has 250 valence electrons. The summed E-state index contributed by atoms with van der Waals surface area (Å²) in [6, 6.07) is 24.0. The molecule has 4 rings (SSSR count). The second kappa shape index (κ2) is 16.8. The van der Waals surface area contributed by atoms with E-state index in [0.29, 0.717) is 44.7 Å². The lowest BCUT2D eigenvalue weighted by Crippen LogP contribution is -2.45. The van der Waals surface area contributed by atoms with Gasteiger partial charge in [-0.15, -0.1) is 0 Å². The molecular formula is C38H46N2O7. The molecule has 0 radical (unpaired) electrons. The summed E-state index contributed by atoms with van der Waals surface area (Å²) in [5.41, 5.74) is 3.14. The van der Waals surface area contributed by atoms with Crippen LogP contribution in [-0.4, -0.2) is 60.5 Å². The van der Waals surface area contributed by atoms with Gasteiger partial charge in [-0.2, -0.15) is 0 Å². The minimum atomic E-state index is -0.805. The number of esters is 2. The van der Waals surface area contributed by atoms with E-state index in [-0.39, 0.29) is 43.0 Å². The number of hydrogen-bond acceptors (Lipinski definition) is 7. The van der Waals surface area contributed by atoms with E-state index in [1.165, 1.54) is 7.11 Å². The van der Waals surface area contributed by atoms with Gasteiger partial charge in [0, 0.05) is 25.9 Å². The Morgan fingerprint density at radius 2 is 1.40 bits per heavy atom. The van der Waals surface area contributed by atoms with Gasteiger partial charge in [-0.1, -0.05) is 66.7 Å². The first kappa shape index (κ1) is 35.2. The maximum atomic E-state index is 13.0. The van der Waals surface area contributed by atoms with Crippen LogP contribution in [0, 0.1) is 5.92 Å². The number of ether oxygens (including phenoxy) is 3. The van der Waals surface area contributed by atoms with Crippen molar-refractivity contribution in [3.05, 3.63) is 101 Å². The van der Waals surface area contributed by atoms with Gasteiger partial charge in [-0.25, -0.2) is 4.79 Å². The Hall–Kier alpha value is -4.66. The number of carbonyl (C=O) groups is 4. The van der Waals surface area contributed by atoms with Crippen molar-refractivity contribution in [2.75, 3.05) is 20.2 Å². The molecule has 1 heterocycles. The Bertz CT molecular complexity index is 1470. The molecule has 1 aliphatic heterocycles. The lowest BCUT2D eigenvalue weighted by atomic mass is 9.92. The van der Waals surface area contributed by atoms with E-state index in [4.69, 9.17) is 14.2 Å². The van der Waals surface area contributed by atoms with Crippen LogP contribution in [0.1, 0.15) is 62.3 Å². The number of methoxy groups -OCH3 is 1. The number of rotatable bonds is 13. The Kier molecular flexibility index (Phi) is 12.6. The van der Waals surface area contributed by atoms with Gasteiger partial charge >= 0.3 is 11.9 Å². The van der Waals surface area contributed by atoms with Gasteiger partial charge in [-0.05, 0) is 73.9 Å². The van der Waals surface area contributed by atoms with Crippen LogP contribution in [0.4, 0.5) is 0 Å². The summed E-state index contributed by atoms with van der Waals surface area (Å²) in [6.45, 7) is 7.12. The molecule has 1 aliphatic rings. The molecule has 1 atom stereocenters. The van der Waals surface area contributed by atoms with Crippen LogP contribution in [0.3, 0.4) is 0 Å². The molecule has 3 aromatic carbocycles. The predicted octanol–water partition coefficient (Wildman–Crippen LogP) is 5.22. The highest BCUT2D eigenvalue weighted by Gasteiger charge is 2.27. The molecule has 0 bridgehead atoms. The third-order valence-corrected chi connectivity index (χ3v) is 8.02. The quantitative estimate of drug-likeness (QED) is 0.255. The van der Waals surface area contributed by atoms with Crippen LogP contribution in [0.25, 0.3) is 0 Å². The van der Waals surface area contributed by atoms with Gasteiger partial charge in [0.1, 0.15) is 24.0 Å². The van der Waals surface area contributed by atoms with Crippen LogP contribution < -0.4 is 10.1 Å². The zero-order valence-corrected chi connectivity index (χ0v) is 27.8. The van der Waals surface area contributed by atoms with Gasteiger partial charge in [0.15, 0.2) is 0 Å². The number of likely N-dealkylation sites (tertiary alicyclic amines) is 1. The van der Waals surface area contributed by atoms with Crippen molar-refractivity contribution in [2.24, 2.45) is 5.92 Å². The van der Waals surface area contributed by atoms with Crippen molar-refractivity contribution in [3.8, 4) is 5.75 Å². The standard InChI is InChI=1S/C38H46N2O7/c1-38(2,3)47-36(43)25-29-12-10-28(11-13-29)24-35(42)40-20-18-30(19-21-40)23-34(41)39-33(37(44)45-4)22-27-14-16-32(17-15-27)46-26-31-8-6-5-7-9-31/h5-17,30,33H,18-26H2,1-4H3,(H,39,41)/t33-/m0/s1. The number of amides is 2. The third-order valence-electron chi connectivity index (χ3n) is 8.02. The number of nitrogens with one attached hydrogen (secondary N) is 1. The Balaban J connectivity index is 1.19. The summed E-state index contributed by atoms with van der Waals surface area (Å²) in [4.78, 5) is 52.4. The Morgan fingerprint density at radius 3 is 2.00 bits per heavy atom. The van der Waals surface area contributed by atoms with Crippen molar-refractivity contribution < 1.29 is 33.4 Å². The lowest BCUT2D eigenvalue weighted by Gasteiger charge is -2.32. The minimum absolute atomic E-state index is 0.0371. The number of hydrogen-bond donors (Lipinski definition) is 1. The largest absolute Gasteiger partial charge is 0.489 e. The fraction of sp³-hybridized carbons (Fsp3) is 0.421. The SMILES string of the molecule is COC(=O)[C@H](Cc1ccc(OCc2ccccc2)cc1)NC(=O)CC1CCN(C(=O)Cc2ccc(CC(=O)OC(C)(C)C)cc2)CC1. The van der Waals surface area contributed by atoms with E-state index in [9.17, 15) is 19.2 Å². The van der Waals surface area contributed by atoms with E-state index < -0.39 is 17.6 Å². The zero-order chi connectivity index (χ0) is 33.8. The first-order valence-corrected chi connectivity index (χ1v) is 16.2. The summed E-state index contributed by atoms with van der Waals surface area (Å²) in [5, 5.41) is 2.86. The first-order valence-electron chi connectivity index (χ1n) is 16.2. The van der Waals surface area contributed by atoms with E-state index in [1.807, 2.05) is 105 Å². The van der Waals surface area contributed by atoms with Gasteiger partial charge in [0.25, 0.3) is 0 Å². The maximum absolute atomic E-state index is 13.0. The average molecular weight is 643 g/mol. The zero-order valence-electron chi connectivity index (χ0n) is 27.8. The van der Waals surface area contributed by atoms with Crippen molar-refractivity contribution in [1.82, 2.24) is 10.2 Å². The molecule has 47 heavy (non-hydrogen) atoms. The fourth-order valence-corrected chi connectivity index (χ4v) is 5.54. The highest BCUT2D eigenvalue weighted by atomic mass is 16.6. The second-order valence-corrected chi connectivity index (χ2v) is 13.1. The molecule has 0 spiro atoms. The van der Waals surface area contributed by atoms with Crippen LogP contribution in [-0.2, 0) is 54.5 Å². The summed E-state index contributed by atoms with van der Waals surface area (Å²) in [5.74, 6) is -0.121. The average Bonchev–Trinajstić information content (AvgIpc) is 3.04. The molecule has 0 aliphatic carbocycles. The molecule has 1 fully saturated rings. The molecular weight excluding hydrogens is 596 g/mol.